The predicted molar refractivity (Wildman–Crippen MR) is 74.8 cm³/mol. The van der Waals surface area contributed by atoms with Gasteiger partial charge in [-0.05, 0) is 31.7 Å². The summed E-state index contributed by atoms with van der Waals surface area (Å²) < 4.78 is 32.3. The molecule has 0 radical (unpaired) electrons. The maximum absolute atomic E-state index is 12.1. The van der Waals surface area contributed by atoms with Gasteiger partial charge in [-0.25, -0.2) is 13.1 Å². The van der Waals surface area contributed by atoms with E-state index in [0.717, 1.165) is 25.1 Å². The van der Waals surface area contributed by atoms with Crippen molar-refractivity contribution >= 4 is 10.0 Å². The molecule has 1 aliphatic carbocycles. The van der Waals surface area contributed by atoms with Gasteiger partial charge < -0.3 is 15.0 Å². The number of hydrogen-bond acceptors (Lipinski definition) is 4. The third-order valence-electron chi connectivity index (χ3n) is 3.71. The summed E-state index contributed by atoms with van der Waals surface area (Å²) in [4.78, 5) is 3.30. The highest BCUT2D eigenvalue weighted by Crippen LogP contribution is 2.19. The molecule has 0 bridgehead atoms. The molecular weight excluding hydrogens is 278 g/mol. The third-order valence-corrected chi connectivity index (χ3v) is 5.11. The summed E-state index contributed by atoms with van der Waals surface area (Å²) in [5, 5.41) is 3.35. The summed E-state index contributed by atoms with van der Waals surface area (Å²) in [6.07, 6.45) is 5.92. The van der Waals surface area contributed by atoms with Gasteiger partial charge in [0.1, 0.15) is 0 Å². The van der Waals surface area contributed by atoms with E-state index in [-0.39, 0.29) is 6.10 Å². The second-order valence-corrected chi connectivity index (χ2v) is 7.27. The van der Waals surface area contributed by atoms with Crippen LogP contribution in [0.5, 0.6) is 0 Å². The minimum atomic E-state index is -3.44. The molecule has 0 spiro atoms. The quantitative estimate of drug-likeness (QED) is 0.693. The van der Waals surface area contributed by atoms with Crippen molar-refractivity contribution in [2.75, 3.05) is 13.2 Å². The predicted octanol–water partition coefficient (Wildman–Crippen LogP) is 0.724. The van der Waals surface area contributed by atoms with E-state index in [1.165, 1.54) is 12.8 Å². The number of nitrogens with one attached hydrogen (secondary N) is 3. The molecule has 1 aromatic heterocycles. The van der Waals surface area contributed by atoms with Crippen LogP contribution in [0.1, 0.15) is 31.4 Å². The fourth-order valence-corrected chi connectivity index (χ4v) is 3.39. The maximum atomic E-state index is 12.1. The summed E-state index contributed by atoms with van der Waals surface area (Å²) in [5.41, 5.74) is 0.898. The zero-order valence-electron chi connectivity index (χ0n) is 11.4. The smallest absolute Gasteiger partial charge is 0.242 e. The van der Waals surface area contributed by atoms with Gasteiger partial charge in [-0.2, -0.15) is 0 Å². The minimum absolute atomic E-state index is 0.0136. The SMILES string of the molecule is O=S(=O)(NCC1CCCO1)c1c[nH]c(CNC2CC2)c1. The van der Waals surface area contributed by atoms with E-state index >= 15 is 0 Å². The Hall–Kier alpha value is -0.890. The van der Waals surface area contributed by atoms with Crippen molar-refractivity contribution in [2.24, 2.45) is 0 Å². The van der Waals surface area contributed by atoms with E-state index < -0.39 is 10.0 Å². The molecule has 2 fully saturated rings. The van der Waals surface area contributed by atoms with Gasteiger partial charge >= 0.3 is 0 Å². The van der Waals surface area contributed by atoms with Crippen LogP contribution in [-0.2, 0) is 21.3 Å². The molecule has 1 aliphatic heterocycles. The second-order valence-electron chi connectivity index (χ2n) is 5.50. The summed E-state index contributed by atoms with van der Waals surface area (Å²) in [6, 6.07) is 2.30. The van der Waals surface area contributed by atoms with Gasteiger partial charge in [-0.15, -0.1) is 0 Å². The zero-order chi connectivity index (χ0) is 14.0. The number of aromatic nitrogens is 1. The van der Waals surface area contributed by atoms with Crippen LogP contribution in [0, 0.1) is 0 Å². The minimum Gasteiger partial charge on any atom is -0.377 e. The van der Waals surface area contributed by atoms with Gasteiger partial charge in [-0.1, -0.05) is 0 Å². The van der Waals surface area contributed by atoms with Crippen LogP contribution < -0.4 is 10.0 Å². The Balaban J connectivity index is 1.55. The number of ether oxygens (including phenoxy) is 1. The van der Waals surface area contributed by atoms with E-state index in [4.69, 9.17) is 4.74 Å². The molecular formula is C13H21N3O3S. The van der Waals surface area contributed by atoms with Crippen molar-refractivity contribution < 1.29 is 13.2 Å². The summed E-state index contributed by atoms with van der Waals surface area (Å²) in [7, 11) is -3.44. The lowest BCUT2D eigenvalue weighted by molar-refractivity contribution is 0.114. The third kappa shape index (κ3) is 3.60. The number of hydrogen-bond donors (Lipinski definition) is 3. The van der Waals surface area contributed by atoms with Crippen molar-refractivity contribution in [2.45, 2.75) is 49.3 Å². The molecule has 3 N–H and O–H groups in total. The number of rotatable bonds is 7. The summed E-state index contributed by atoms with van der Waals surface area (Å²) in [5.74, 6) is 0. The van der Waals surface area contributed by atoms with Gasteiger partial charge in [-0.3, -0.25) is 0 Å². The molecule has 3 rings (SSSR count). The standard InChI is InChI=1S/C13H21N3O3S/c17-20(18,16-8-12-2-1-5-19-12)13-6-11(15-9-13)7-14-10-3-4-10/h6,9-10,12,14-16H,1-5,7-8H2. The zero-order valence-corrected chi connectivity index (χ0v) is 12.2. The van der Waals surface area contributed by atoms with E-state index in [1.54, 1.807) is 12.3 Å². The van der Waals surface area contributed by atoms with Crippen molar-refractivity contribution in [1.82, 2.24) is 15.0 Å². The average molecular weight is 299 g/mol. The number of sulfonamides is 1. The Kier molecular flexibility index (Phi) is 4.11. The van der Waals surface area contributed by atoms with Gasteiger partial charge in [0.15, 0.2) is 0 Å². The van der Waals surface area contributed by atoms with Gasteiger partial charge in [0, 0.05) is 37.6 Å². The Morgan fingerprint density at radius 1 is 1.35 bits per heavy atom. The average Bonchev–Trinajstić information content (AvgIpc) is 2.94. The molecule has 2 aliphatic rings. The molecule has 1 atom stereocenters. The lowest BCUT2D eigenvalue weighted by Crippen LogP contribution is -2.31. The van der Waals surface area contributed by atoms with E-state index in [1.807, 2.05) is 0 Å². The Morgan fingerprint density at radius 3 is 2.90 bits per heavy atom. The lowest BCUT2D eigenvalue weighted by Gasteiger charge is -2.10. The second kappa shape index (κ2) is 5.85. The molecule has 0 aromatic carbocycles. The fourth-order valence-electron chi connectivity index (χ4n) is 2.31. The van der Waals surface area contributed by atoms with E-state index in [9.17, 15) is 8.42 Å². The Bertz CT molecular complexity index is 545. The van der Waals surface area contributed by atoms with Crippen LogP contribution in [0.3, 0.4) is 0 Å². The van der Waals surface area contributed by atoms with E-state index in [0.29, 0.717) is 24.0 Å². The Morgan fingerprint density at radius 2 is 2.20 bits per heavy atom. The molecule has 2 heterocycles. The number of H-pyrrole nitrogens is 1. The molecule has 1 unspecified atom stereocenters. The van der Waals surface area contributed by atoms with Crippen molar-refractivity contribution in [3.63, 3.8) is 0 Å². The Labute approximate surface area is 119 Å². The van der Waals surface area contributed by atoms with Crippen LogP contribution in [0.2, 0.25) is 0 Å². The largest absolute Gasteiger partial charge is 0.377 e. The number of aromatic amines is 1. The highest BCUT2D eigenvalue weighted by Gasteiger charge is 2.22. The molecule has 6 nitrogen and oxygen atoms in total. The molecule has 1 aromatic rings. The molecule has 7 heteroatoms. The first-order valence-electron chi connectivity index (χ1n) is 7.15. The fraction of sp³-hybridized carbons (Fsp3) is 0.692. The lowest BCUT2D eigenvalue weighted by atomic mass is 10.2. The van der Waals surface area contributed by atoms with Crippen molar-refractivity contribution in [1.29, 1.82) is 0 Å². The summed E-state index contributed by atoms with van der Waals surface area (Å²) >= 11 is 0. The molecule has 0 amide bonds. The summed E-state index contributed by atoms with van der Waals surface area (Å²) in [6.45, 7) is 1.77. The first kappa shape index (κ1) is 14.1. The normalized spacial score (nSPS) is 23.3. The first-order chi connectivity index (χ1) is 9.63. The van der Waals surface area contributed by atoms with Crippen LogP contribution in [0.15, 0.2) is 17.2 Å². The van der Waals surface area contributed by atoms with Gasteiger partial charge in [0.05, 0.1) is 11.0 Å². The van der Waals surface area contributed by atoms with Gasteiger partial charge in [0.2, 0.25) is 10.0 Å². The van der Waals surface area contributed by atoms with Crippen molar-refractivity contribution in [3.05, 3.63) is 18.0 Å². The first-order valence-corrected chi connectivity index (χ1v) is 8.64. The van der Waals surface area contributed by atoms with Crippen LogP contribution in [-0.4, -0.2) is 38.7 Å². The van der Waals surface area contributed by atoms with Crippen molar-refractivity contribution in [3.8, 4) is 0 Å². The van der Waals surface area contributed by atoms with Gasteiger partial charge in [0.25, 0.3) is 0 Å². The topological polar surface area (TPSA) is 83.2 Å². The molecule has 1 saturated carbocycles. The van der Waals surface area contributed by atoms with Crippen LogP contribution in [0.25, 0.3) is 0 Å². The maximum Gasteiger partial charge on any atom is 0.242 e. The highest BCUT2D eigenvalue weighted by atomic mass is 32.2. The molecule has 20 heavy (non-hydrogen) atoms. The van der Waals surface area contributed by atoms with Crippen LogP contribution >= 0.6 is 0 Å². The monoisotopic (exact) mass is 299 g/mol. The van der Waals surface area contributed by atoms with E-state index in [2.05, 4.69) is 15.0 Å². The molecule has 112 valence electrons. The highest BCUT2D eigenvalue weighted by molar-refractivity contribution is 7.89. The van der Waals surface area contributed by atoms with Crippen LogP contribution in [0.4, 0.5) is 0 Å². The molecule has 1 saturated heterocycles.